The van der Waals surface area contributed by atoms with Gasteiger partial charge >= 0.3 is 0 Å². The summed E-state index contributed by atoms with van der Waals surface area (Å²) in [5.74, 6) is 0.0615. The summed E-state index contributed by atoms with van der Waals surface area (Å²) in [5, 5.41) is 11.9. The maximum Gasteiger partial charge on any atom is 0.172 e. The zero-order valence-corrected chi connectivity index (χ0v) is 11.5. The largest absolute Gasteiger partial charge is 0.409 e. The SMILES string of the molecule is Cc1cccc(CN(C)c2cnccc2/C(N)=N/O)n1. The fourth-order valence-corrected chi connectivity index (χ4v) is 1.98. The van der Waals surface area contributed by atoms with E-state index in [0.717, 1.165) is 17.1 Å². The molecule has 0 unspecified atom stereocenters. The Labute approximate surface area is 117 Å². The highest BCUT2D eigenvalue weighted by Crippen LogP contribution is 2.19. The van der Waals surface area contributed by atoms with Crippen molar-refractivity contribution in [2.24, 2.45) is 10.9 Å². The quantitative estimate of drug-likeness (QED) is 0.381. The molecule has 0 bridgehead atoms. The number of hydrogen-bond donors (Lipinski definition) is 2. The minimum atomic E-state index is 0.0615. The van der Waals surface area contributed by atoms with Crippen molar-refractivity contribution in [3.63, 3.8) is 0 Å². The molecule has 2 aromatic heterocycles. The van der Waals surface area contributed by atoms with E-state index in [1.54, 1.807) is 18.5 Å². The molecule has 0 aliphatic heterocycles. The van der Waals surface area contributed by atoms with Gasteiger partial charge in [0.25, 0.3) is 0 Å². The molecule has 0 saturated carbocycles. The fourth-order valence-electron chi connectivity index (χ4n) is 1.98. The van der Waals surface area contributed by atoms with Crippen LogP contribution in [0.1, 0.15) is 17.0 Å². The number of aryl methyl sites for hydroxylation is 1. The van der Waals surface area contributed by atoms with E-state index < -0.39 is 0 Å². The van der Waals surface area contributed by atoms with Crippen LogP contribution >= 0.6 is 0 Å². The Morgan fingerprint density at radius 3 is 2.90 bits per heavy atom. The van der Waals surface area contributed by atoms with Crippen molar-refractivity contribution in [1.82, 2.24) is 9.97 Å². The number of oxime groups is 1. The van der Waals surface area contributed by atoms with Crippen LogP contribution in [0.2, 0.25) is 0 Å². The zero-order valence-electron chi connectivity index (χ0n) is 11.5. The van der Waals surface area contributed by atoms with E-state index in [1.807, 2.05) is 37.1 Å². The van der Waals surface area contributed by atoms with Crippen LogP contribution in [0.5, 0.6) is 0 Å². The number of aromatic nitrogens is 2. The van der Waals surface area contributed by atoms with Crippen LogP contribution in [0, 0.1) is 6.92 Å². The lowest BCUT2D eigenvalue weighted by Gasteiger charge is -2.21. The molecule has 20 heavy (non-hydrogen) atoms. The average molecular weight is 271 g/mol. The lowest BCUT2D eigenvalue weighted by molar-refractivity contribution is 0.318. The smallest absolute Gasteiger partial charge is 0.172 e. The van der Waals surface area contributed by atoms with Gasteiger partial charge in [0, 0.05) is 24.5 Å². The van der Waals surface area contributed by atoms with Gasteiger partial charge in [-0.05, 0) is 25.1 Å². The van der Waals surface area contributed by atoms with Gasteiger partial charge in [0.2, 0.25) is 0 Å². The lowest BCUT2D eigenvalue weighted by Crippen LogP contribution is -2.23. The van der Waals surface area contributed by atoms with Crippen LogP contribution in [-0.2, 0) is 6.54 Å². The van der Waals surface area contributed by atoms with Crippen molar-refractivity contribution >= 4 is 11.5 Å². The molecule has 0 aliphatic rings. The number of anilines is 1. The Morgan fingerprint density at radius 1 is 1.40 bits per heavy atom. The molecule has 0 aromatic carbocycles. The molecule has 3 N–H and O–H groups in total. The molecule has 0 spiro atoms. The highest BCUT2D eigenvalue weighted by Gasteiger charge is 2.12. The van der Waals surface area contributed by atoms with E-state index in [2.05, 4.69) is 15.1 Å². The first-order valence-electron chi connectivity index (χ1n) is 6.17. The molecule has 2 rings (SSSR count). The van der Waals surface area contributed by atoms with Gasteiger partial charge in [-0.3, -0.25) is 9.97 Å². The second-order valence-electron chi connectivity index (χ2n) is 4.50. The summed E-state index contributed by atoms with van der Waals surface area (Å²) in [4.78, 5) is 10.5. The van der Waals surface area contributed by atoms with Gasteiger partial charge in [0.1, 0.15) is 0 Å². The third-order valence-corrected chi connectivity index (χ3v) is 2.94. The van der Waals surface area contributed by atoms with Crippen molar-refractivity contribution in [2.45, 2.75) is 13.5 Å². The van der Waals surface area contributed by atoms with Crippen LogP contribution in [0.15, 0.2) is 41.8 Å². The molecular weight excluding hydrogens is 254 g/mol. The molecule has 0 fully saturated rings. The van der Waals surface area contributed by atoms with E-state index >= 15 is 0 Å². The number of amidine groups is 1. The van der Waals surface area contributed by atoms with Gasteiger partial charge < -0.3 is 15.8 Å². The van der Waals surface area contributed by atoms with Crippen molar-refractivity contribution in [2.75, 3.05) is 11.9 Å². The third-order valence-electron chi connectivity index (χ3n) is 2.94. The normalized spacial score (nSPS) is 11.4. The molecule has 0 amide bonds. The molecule has 104 valence electrons. The molecule has 0 atom stereocenters. The van der Waals surface area contributed by atoms with Crippen LogP contribution in [0.25, 0.3) is 0 Å². The first kappa shape index (κ1) is 13.8. The summed E-state index contributed by atoms with van der Waals surface area (Å²) < 4.78 is 0. The van der Waals surface area contributed by atoms with Gasteiger partial charge in [0.15, 0.2) is 5.84 Å². The van der Waals surface area contributed by atoms with Crippen molar-refractivity contribution in [3.8, 4) is 0 Å². The standard InChI is InChI=1S/C14H17N5O/c1-10-4-3-5-11(17-10)9-19(2)13-8-16-7-6-12(13)14(15)18-20/h3-8,20H,9H2,1-2H3,(H2,15,18). The highest BCUT2D eigenvalue weighted by molar-refractivity contribution is 6.01. The summed E-state index contributed by atoms with van der Waals surface area (Å²) in [6, 6.07) is 7.60. The van der Waals surface area contributed by atoms with E-state index in [0.29, 0.717) is 12.1 Å². The van der Waals surface area contributed by atoms with Crippen LogP contribution < -0.4 is 10.6 Å². The van der Waals surface area contributed by atoms with Crippen molar-refractivity contribution in [3.05, 3.63) is 53.6 Å². The zero-order chi connectivity index (χ0) is 14.5. The van der Waals surface area contributed by atoms with Crippen molar-refractivity contribution < 1.29 is 5.21 Å². The lowest BCUT2D eigenvalue weighted by atomic mass is 10.2. The van der Waals surface area contributed by atoms with Gasteiger partial charge in [-0.1, -0.05) is 11.2 Å². The predicted octanol–water partition coefficient (Wildman–Crippen LogP) is 1.52. The number of hydrogen-bond acceptors (Lipinski definition) is 5. The van der Waals surface area contributed by atoms with Crippen LogP contribution in [-0.4, -0.2) is 28.1 Å². The van der Waals surface area contributed by atoms with E-state index in [-0.39, 0.29) is 5.84 Å². The Bertz CT molecular complexity index is 626. The number of pyridine rings is 2. The topological polar surface area (TPSA) is 87.6 Å². The van der Waals surface area contributed by atoms with E-state index in [1.165, 1.54) is 0 Å². The number of nitrogens with two attached hydrogens (primary N) is 1. The average Bonchev–Trinajstić information content (AvgIpc) is 2.46. The fraction of sp³-hybridized carbons (Fsp3) is 0.214. The summed E-state index contributed by atoms with van der Waals surface area (Å²) in [6.45, 7) is 2.56. The molecule has 0 saturated heterocycles. The van der Waals surface area contributed by atoms with Crippen molar-refractivity contribution in [1.29, 1.82) is 0 Å². The molecular formula is C14H17N5O. The molecule has 0 radical (unpaired) electrons. The van der Waals surface area contributed by atoms with Crippen LogP contribution in [0.4, 0.5) is 5.69 Å². The molecule has 6 nitrogen and oxygen atoms in total. The van der Waals surface area contributed by atoms with E-state index in [4.69, 9.17) is 10.9 Å². The summed E-state index contributed by atoms with van der Waals surface area (Å²) in [5.41, 5.74) is 9.02. The molecule has 6 heteroatoms. The highest BCUT2D eigenvalue weighted by atomic mass is 16.4. The van der Waals surface area contributed by atoms with Gasteiger partial charge in [-0.15, -0.1) is 0 Å². The predicted molar refractivity (Wildman–Crippen MR) is 77.8 cm³/mol. The first-order valence-corrected chi connectivity index (χ1v) is 6.17. The van der Waals surface area contributed by atoms with Gasteiger partial charge in [0.05, 0.1) is 24.1 Å². The molecule has 2 heterocycles. The molecule has 0 aliphatic carbocycles. The minimum Gasteiger partial charge on any atom is -0.409 e. The summed E-state index contributed by atoms with van der Waals surface area (Å²) in [6.07, 6.45) is 3.29. The van der Waals surface area contributed by atoms with Gasteiger partial charge in [-0.2, -0.15) is 0 Å². The monoisotopic (exact) mass is 271 g/mol. The second kappa shape index (κ2) is 6.01. The minimum absolute atomic E-state index is 0.0615. The maximum atomic E-state index is 8.83. The third kappa shape index (κ3) is 3.03. The first-order chi connectivity index (χ1) is 9.61. The molecule has 2 aromatic rings. The van der Waals surface area contributed by atoms with E-state index in [9.17, 15) is 0 Å². The Kier molecular flexibility index (Phi) is 4.14. The van der Waals surface area contributed by atoms with Gasteiger partial charge in [-0.25, -0.2) is 0 Å². The Morgan fingerprint density at radius 2 is 2.20 bits per heavy atom. The Hall–Kier alpha value is -2.63. The second-order valence-corrected chi connectivity index (χ2v) is 4.50. The summed E-state index contributed by atoms with van der Waals surface area (Å²) in [7, 11) is 1.91. The summed E-state index contributed by atoms with van der Waals surface area (Å²) >= 11 is 0. The Balaban J connectivity index is 2.28. The maximum absolute atomic E-state index is 8.83. The number of rotatable bonds is 4. The number of nitrogens with zero attached hydrogens (tertiary/aromatic N) is 4. The van der Waals surface area contributed by atoms with Crippen LogP contribution in [0.3, 0.4) is 0 Å².